The zero-order valence-corrected chi connectivity index (χ0v) is 12.9. The lowest BCUT2D eigenvalue weighted by molar-refractivity contribution is 0.0755. The number of morpholine rings is 1. The first-order valence-corrected chi connectivity index (χ1v) is 7.68. The maximum Gasteiger partial charge on any atom is 0.130 e. The van der Waals surface area contributed by atoms with Crippen molar-refractivity contribution >= 4 is 17.4 Å². The third kappa shape index (κ3) is 3.52. The van der Waals surface area contributed by atoms with Crippen molar-refractivity contribution in [2.45, 2.75) is 26.4 Å². The fourth-order valence-electron chi connectivity index (χ4n) is 2.20. The monoisotopic (exact) mass is 306 g/mol. The fraction of sp³-hybridized carbons (Fsp3) is 0.538. The van der Waals surface area contributed by atoms with Gasteiger partial charge in [0.05, 0.1) is 42.1 Å². The van der Waals surface area contributed by atoms with Crippen molar-refractivity contribution < 1.29 is 4.74 Å². The van der Waals surface area contributed by atoms with Crippen molar-refractivity contribution in [2.75, 3.05) is 25.1 Å². The van der Waals surface area contributed by atoms with E-state index in [4.69, 9.17) is 4.74 Å². The van der Waals surface area contributed by atoms with E-state index >= 15 is 0 Å². The van der Waals surface area contributed by atoms with Crippen molar-refractivity contribution in [3.05, 3.63) is 28.2 Å². The molecule has 2 aromatic rings. The quantitative estimate of drug-likeness (QED) is 0.878. The van der Waals surface area contributed by atoms with E-state index in [0.717, 1.165) is 41.1 Å². The lowest BCUT2D eigenvalue weighted by Crippen LogP contribution is -2.35. The predicted molar refractivity (Wildman–Crippen MR) is 80.3 cm³/mol. The summed E-state index contributed by atoms with van der Waals surface area (Å²) in [6, 6.07) is 2.11. The van der Waals surface area contributed by atoms with Crippen LogP contribution in [0.2, 0.25) is 0 Å². The molecular formula is C13H18N6OS. The van der Waals surface area contributed by atoms with Gasteiger partial charge in [-0.3, -0.25) is 0 Å². The molecule has 7 nitrogen and oxygen atoms in total. The second kappa shape index (κ2) is 6.42. The third-order valence-corrected chi connectivity index (χ3v) is 4.14. The third-order valence-electron chi connectivity index (χ3n) is 3.31. The number of ether oxygens (including phenoxy) is 1. The van der Waals surface area contributed by atoms with Crippen molar-refractivity contribution in [1.82, 2.24) is 24.9 Å². The van der Waals surface area contributed by atoms with Gasteiger partial charge in [-0.2, -0.15) is 0 Å². The largest absolute Gasteiger partial charge is 0.378 e. The van der Waals surface area contributed by atoms with Crippen LogP contribution in [0.3, 0.4) is 0 Å². The molecule has 8 heteroatoms. The SMILES string of the molecule is Cc1nc(NCc2snnc2C)cc(C2COCCN2)n1. The predicted octanol–water partition coefficient (Wildman–Crippen LogP) is 1.22. The zero-order chi connectivity index (χ0) is 14.7. The van der Waals surface area contributed by atoms with Crippen molar-refractivity contribution in [3.8, 4) is 0 Å². The summed E-state index contributed by atoms with van der Waals surface area (Å²) in [5.74, 6) is 1.57. The van der Waals surface area contributed by atoms with Gasteiger partial charge in [-0.15, -0.1) is 5.10 Å². The Morgan fingerprint density at radius 3 is 3.05 bits per heavy atom. The molecule has 1 atom stereocenters. The van der Waals surface area contributed by atoms with Crippen LogP contribution in [0.25, 0.3) is 0 Å². The van der Waals surface area contributed by atoms with Gasteiger partial charge in [0.1, 0.15) is 11.6 Å². The topological polar surface area (TPSA) is 84.9 Å². The van der Waals surface area contributed by atoms with Crippen LogP contribution in [0.1, 0.15) is 28.1 Å². The minimum atomic E-state index is 0.132. The van der Waals surface area contributed by atoms with E-state index < -0.39 is 0 Å². The summed E-state index contributed by atoms with van der Waals surface area (Å²) in [7, 11) is 0. The van der Waals surface area contributed by atoms with Gasteiger partial charge in [-0.1, -0.05) is 4.49 Å². The van der Waals surface area contributed by atoms with E-state index in [1.54, 1.807) is 0 Å². The van der Waals surface area contributed by atoms with Gasteiger partial charge >= 0.3 is 0 Å². The minimum absolute atomic E-state index is 0.132. The molecule has 0 aromatic carbocycles. The molecule has 3 heterocycles. The number of nitrogens with one attached hydrogen (secondary N) is 2. The van der Waals surface area contributed by atoms with Gasteiger partial charge in [0.15, 0.2) is 0 Å². The Hall–Kier alpha value is -1.64. The molecule has 0 bridgehead atoms. The molecule has 0 amide bonds. The summed E-state index contributed by atoms with van der Waals surface area (Å²) < 4.78 is 9.43. The van der Waals surface area contributed by atoms with Crippen LogP contribution in [-0.2, 0) is 11.3 Å². The first-order chi connectivity index (χ1) is 10.2. The Morgan fingerprint density at radius 1 is 1.43 bits per heavy atom. The second-order valence-corrected chi connectivity index (χ2v) is 5.78. The summed E-state index contributed by atoms with van der Waals surface area (Å²) in [4.78, 5) is 10.1. The van der Waals surface area contributed by atoms with E-state index in [1.807, 2.05) is 19.9 Å². The Morgan fingerprint density at radius 2 is 2.33 bits per heavy atom. The summed E-state index contributed by atoms with van der Waals surface area (Å²) in [6.45, 7) is 6.78. The number of aryl methyl sites for hydroxylation is 2. The Kier molecular flexibility index (Phi) is 4.37. The highest BCUT2D eigenvalue weighted by Gasteiger charge is 2.18. The molecule has 0 aliphatic carbocycles. The molecule has 1 aliphatic heterocycles. The lowest BCUT2D eigenvalue weighted by Gasteiger charge is -2.23. The van der Waals surface area contributed by atoms with Crippen LogP contribution >= 0.6 is 11.5 Å². The highest BCUT2D eigenvalue weighted by Crippen LogP contribution is 2.18. The van der Waals surface area contributed by atoms with Crippen LogP contribution in [0.15, 0.2) is 6.07 Å². The average molecular weight is 306 g/mol. The molecular weight excluding hydrogens is 288 g/mol. The van der Waals surface area contributed by atoms with E-state index in [-0.39, 0.29) is 6.04 Å². The molecule has 1 aliphatic rings. The number of anilines is 1. The molecule has 21 heavy (non-hydrogen) atoms. The van der Waals surface area contributed by atoms with Crippen molar-refractivity contribution in [2.24, 2.45) is 0 Å². The minimum Gasteiger partial charge on any atom is -0.378 e. The van der Waals surface area contributed by atoms with E-state index in [0.29, 0.717) is 13.2 Å². The van der Waals surface area contributed by atoms with E-state index in [9.17, 15) is 0 Å². The number of nitrogens with zero attached hydrogens (tertiary/aromatic N) is 4. The molecule has 0 saturated carbocycles. The molecule has 2 N–H and O–H groups in total. The summed E-state index contributed by atoms with van der Waals surface area (Å²) in [5.41, 5.74) is 1.92. The van der Waals surface area contributed by atoms with Crippen molar-refractivity contribution in [3.63, 3.8) is 0 Å². The maximum absolute atomic E-state index is 5.49. The van der Waals surface area contributed by atoms with Crippen LogP contribution in [0.4, 0.5) is 5.82 Å². The number of aromatic nitrogens is 4. The van der Waals surface area contributed by atoms with Crippen LogP contribution in [0.5, 0.6) is 0 Å². The van der Waals surface area contributed by atoms with Crippen LogP contribution < -0.4 is 10.6 Å². The van der Waals surface area contributed by atoms with Gasteiger partial charge in [-0.25, -0.2) is 9.97 Å². The van der Waals surface area contributed by atoms with Gasteiger partial charge in [0, 0.05) is 12.6 Å². The van der Waals surface area contributed by atoms with Gasteiger partial charge in [0.25, 0.3) is 0 Å². The van der Waals surface area contributed by atoms with Crippen molar-refractivity contribution in [1.29, 1.82) is 0 Å². The van der Waals surface area contributed by atoms with Gasteiger partial charge in [-0.05, 0) is 25.4 Å². The smallest absolute Gasteiger partial charge is 0.130 e. The number of hydrogen-bond acceptors (Lipinski definition) is 8. The average Bonchev–Trinajstić information content (AvgIpc) is 2.91. The van der Waals surface area contributed by atoms with Crippen LogP contribution in [0, 0.1) is 13.8 Å². The second-order valence-electron chi connectivity index (χ2n) is 4.94. The molecule has 0 spiro atoms. The molecule has 1 unspecified atom stereocenters. The van der Waals surface area contributed by atoms with Gasteiger partial charge in [0.2, 0.25) is 0 Å². The first-order valence-electron chi connectivity index (χ1n) is 6.91. The maximum atomic E-state index is 5.49. The highest BCUT2D eigenvalue weighted by molar-refractivity contribution is 7.05. The molecule has 112 valence electrons. The zero-order valence-electron chi connectivity index (χ0n) is 12.1. The summed E-state index contributed by atoms with van der Waals surface area (Å²) in [6.07, 6.45) is 0. The Balaban J connectivity index is 1.73. The lowest BCUT2D eigenvalue weighted by atomic mass is 10.2. The Bertz CT molecular complexity index is 610. The molecule has 0 radical (unpaired) electrons. The standard InChI is InChI=1S/C13H18N6OS/c1-8-12(21-19-18-8)6-15-13-5-10(16-9(2)17-13)11-7-20-4-3-14-11/h5,11,14H,3-4,6-7H2,1-2H3,(H,15,16,17). The Labute approximate surface area is 127 Å². The fourth-order valence-corrected chi connectivity index (χ4v) is 2.77. The van der Waals surface area contributed by atoms with E-state index in [2.05, 4.69) is 30.2 Å². The molecule has 3 rings (SSSR count). The van der Waals surface area contributed by atoms with Gasteiger partial charge < -0.3 is 15.4 Å². The van der Waals surface area contributed by atoms with E-state index in [1.165, 1.54) is 11.5 Å². The molecule has 2 aromatic heterocycles. The normalized spacial score (nSPS) is 18.7. The summed E-state index contributed by atoms with van der Waals surface area (Å²) in [5, 5.41) is 10.7. The number of rotatable bonds is 4. The number of hydrogen-bond donors (Lipinski definition) is 2. The summed E-state index contributed by atoms with van der Waals surface area (Å²) >= 11 is 1.41. The molecule has 1 fully saturated rings. The highest BCUT2D eigenvalue weighted by atomic mass is 32.1. The van der Waals surface area contributed by atoms with Crippen LogP contribution in [-0.4, -0.2) is 39.3 Å². The first kappa shape index (κ1) is 14.3. The molecule has 1 saturated heterocycles.